The van der Waals surface area contributed by atoms with Gasteiger partial charge in [-0.2, -0.15) is 5.10 Å². The first-order valence-corrected chi connectivity index (χ1v) is 4.92. The molecule has 2 aromatic heterocycles. The lowest BCUT2D eigenvalue weighted by atomic mass is 10.4. The van der Waals surface area contributed by atoms with E-state index in [0.29, 0.717) is 0 Å². The van der Waals surface area contributed by atoms with Crippen LogP contribution in [0.2, 0.25) is 0 Å². The molecule has 72 valence electrons. The second-order valence-electron chi connectivity index (χ2n) is 2.78. The highest BCUT2D eigenvalue weighted by atomic mass is 79.9. The molecule has 0 bridgehead atoms. The molecule has 0 aromatic carbocycles. The van der Waals surface area contributed by atoms with E-state index in [1.54, 1.807) is 23.3 Å². The maximum Gasteiger partial charge on any atom is 0.0849 e. The smallest absolute Gasteiger partial charge is 0.0849 e. The Bertz CT molecular complexity index is 438. The summed E-state index contributed by atoms with van der Waals surface area (Å²) in [5.41, 5.74) is 1.90. The number of halogens is 1. The van der Waals surface area contributed by atoms with Crippen LogP contribution in [-0.2, 0) is 0 Å². The predicted octanol–water partition coefficient (Wildman–Crippen LogP) is 2.07. The number of anilines is 1. The number of pyridine rings is 1. The van der Waals surface area contributed by atoms with Crippen molar-refractivity contribution in [1.82, 2.24) is 14.8 Å². The van der Waals surface area contributed by atoms with Crippen LogP contribution in [0.3, 0.4) is 0 Å². The fraction of sp³-hybridized carbons (Fsp3) is 0.111. The number of aromatic nitrogens is 3. The lowest BCUT2D eigenvalue weighted by Crippen LogP contribution is -1.97. The Kier molecular flexibility index (Phi) is 2.49. The van der Waals surface area contributed by atoms with Crippen molar-refractivity contribution in [3.05, 3.63) is 35.3 Å². The summed E-state index contributed by atoms with van der Waals surface area (Å²) in [5, 5.41) is 7.19. The zero-order valence-corrected chi connectivity index (χ0v) is 9.19. The minimum atomic E-state index is 0.933. The summed E-state index contributed by atoms with van der Waals surface area (Å²) >= 11 is 3.35. The normalized spacial score (nSPS) is 10.1. The quantitative estimate of drug-likeness (QED) is 0.890. The SMILES string of the molecule is CNc1cncc(-n2cc(Br)cn2)c1. The largest absolute Gasteiger partial charge is 0.387 e. The maximum absolute atomic E-state index is 4.16. The molecule has 2 heterocycles. The Hall–Kier alpha value is -1.36. The molecular formula is C9H9BrN4. The van der Waals surface area contributed by atoms with Crippen LogP contribution in [-0.4, -0.2) is 21.8 Å². The predicted molar refractivity (Wildman–Crippen MR) is 58.6 cm³/mol. The van der Waals surface area contributed by atoms with Gasteiger partial charge in [-0.05, 0) is 22.0 Å². The van der Waals surface area contributed by atoms with Crippen molar-refractivity contribution < 1.29 is 0 Å². The number of nitrogens with one attached hydrogen (secondary N) is 1. The van der Waals surface area contributed by atoms with E-state index >= 15 is 0 Å². The van der Waals surface area contributed by atoms with Gasteiger partial charge in [0.25, 0.3) is 0 Å². The first-order valence-electron chi connectivity index (χ1n) is 4.13. The molecule has 2 aromatic rings. The molecule has 0 saturated heterocycles. The molecule has 0 fully saturated rings. The number of hydrogen-bond donors (Lipinski definition) is 1. The molecule has 0 aliphatic carbocycles. The van der Waals surface area contributed by atoms with Crippen LogP contribution >= 0.6 is 15.9 Å². The van der Waals surface area contributed by atoms with Gasteiger partial charge in [0.15, 0.2) is 0 Å². The summed E-state index contributed by atoms with van der Waals surface area (Å²) in [6.45, 7) is 0. The fourth-order valence-electron chi connectivity index (χ4n) is 1.13. The Labute approximate surface area is 90.1 Å². The second kappa shape index (κ2) is 3.79. The maximum atomic E-state index is 4.16. The van der Waals surface area contributed by atoms with E-state index in [1.807, 2.05) is 19.3 Å². The van der Waals surface area contributed by atoms with E-state index in [4.69, 9.17) is 0 Å². The molecule has 14 heavy (non-hydrogen) atoms. The summed E-state index contributed by atoms with van der Waals surface area (Å²) in [6.07, 6.45) is 7.16. The van der Waals surface area contributed by atoms with Crippen molar-refractivity contribution in [3.63, 3.8) is 0 Å². The van der Waals surface area contributed by atoms with Gasteiger partial charge in [0.05, 0.1) is 34.4 Å². The third-order valence-corrected chi connectivity index (χ3v) is 2.24. The van der Waals surface area contributed by atoms with Crippen LogP contribution in [0.25, 0.3) is 5.69 Å². The molecule has 0 aliphatic rings. The number of rotatable bonds is 2. The highest BCUT2D eigenvalue weighted by Gasteiger charge is 1.99. The van der Waals surface area contributed by atoms with Gasteiger partial charge >= 0.3 is 0 Å². The third-order valence-electron chi connectivity index (χ3n) is 1.83. The molecule has 5 heteroatoms. The topological polar surface area (TPSA) is 42.7 Å². The standard InChI is InChI=1S/C9H9BrN4/c1-11-8-2-9(5-12-4-8)14-6-7(10)3-13-14/h2-6,11H,1H3. The first kappa shape index (κ1) is 9.21. The summed E-state index contributed by atoms with van der Waals surface area (Å²) in [4.78, 5) is 4.10. The van der Waals surface area contributed by atoms with Crippen LogP contribution in [0.1, 0.15) is 0 Å². The Morgan fingerprint density at radius 3 is 2.86 bits per heavy atom. The lowest BCUT2D eigenvalue weighted by molar-refractivity contribution is 0.874. The van der Waals surface area contributed by atoms with Crippen LogP contribution in [0, 0.1) is 0 Å². The van der Waals surface area contributed by atoms with Gasteiger partial charge in [-0.1, -0.05) is 0 Å². The van der Waals surface area contributed by atoms with Crippen molar-refractivity contribution in [1.29, 1.82) is 0 Å². The minimum absolute atomic E-state index is 0.933. The summed E-state index contributed by atoms with van der Waals surface area (Å²) < 4.78 is 2.71. The van der Waals surface area contributed by atoms with E-state index in [9.17, 15) is 0 Å². The van der Waals surface area contributed by atoms with Gasteiger partial charge in [0, 0.05) is 13.2 Å². The van der Waals surface area contributed by atoms with Crippen LogP contribution in [0.4, 0.5) is 5.69 Å². The van der Waals surface area contributed by atoms with Crippen molar-refractivity contribution in [2.24, 2.45) is 0 Å². The van der Waals surface area contributed by atoms with Gasteiger partial charge in [0.1, 0.15) is 0 Å². The van der Waals surface area contributed by atoms with E-state index in [-0.39, 0.29) is 0 Å². The molecule has 0 aliphatic heterocycles. The molecule has 2 rings (SSSR count). The average Bonchev–Trinajstić information content (AvgIpc) is 2.65. The molecule has 0 amide bonds. The number of hydrogen-bond acceptors (Lipinski definition) is 3. The summed E-state index contributed by atoms with van der Waals surface area (Å²) in [5.74, 6) is 0. The molecular weight excluding hydrogens is 244 g/mol. The van der Waals surface area contributed by atoms with E-state index in [0.717, 1.165) is 15.8 Å². The van der Waals surface area contributed by atoms with Crippen molar-refractivity contribution in [2.45, 2.75) is 0 Å². The number of nitrogens with zero attached hydrogens (tertiary/aromatic N) is 3. The summed E-state index contributed by atoms with van der Waals surface area (Å²) in [7, 11) is 1.86. The third kappa shape index (κ3) is 1.77. The molecule has 0 saturated carbocycles. The minimum Gasteiger partial charge on any atom is -0.387 e. The Balaban J connectivity index is 2.41. The molecule has 0 radical (unpaired) electrons. The molecule has 4 nitrogen and oxygen atoms in total. The van der Waals surface area contributed by atoms with Gasteiger partial charge in [-0.25, -0.2) is 4.68 Å². The van der Waals surface area contributed by atoms with Gasteiger partial charge in [-0.15, -0.1) is 0 Å². The van der Waals surface area contributed by atoms with E-state index in [2.05, 4.69) is 31.3 Å². The van der Waals surface area contributed by atoms with Gasteiger partial charge in [0.2, 0.25) is 0 Å². The zero-order valence-electron chi connectivity index (χ0n) is 7.61. The molecule has 1 N–H and O–H groups in total. The Morgan fingerprint density at radius 1 is 1.36 bits per heavy atom. The second-order valence-corrected chi connectivity index (χ2v) is 3.70. The van der Waals surface area contributed by atoms with Gasteiger partial charge in [-0.3, -0.25) is 4.98 Å². The van der Waals surface area contributed by atoms with Crippen LogP contribution < -0.4 is 5.32 Å². The monoisotopic (exact) mass is 252 g/mol. The van der Waals surface area contributed by atoms with E-state index in [1.165, 1.54) is 0 Å². The van der Waals surface area contributed by atoms with Crippen molar-refractivity contribution in [3.8, 4) is 5.69 Å². The highest BCUT2D eigenvalue weighted by molar-refractivity contribution is 9.10. The van der Waals surface area contributed by atoms with Gasteiger partial charge < -0.3 is 5.32 Å². The highest BCUT2D eigenvalue weighted by Crippen LogP contribution is 2.14. The van der Waals surface area contributed by atoms with Crippen molar-refractivity contribution >= 4 is 21.6 Å². The van der Waals surface area contributed by atoms with Crippen LogP contribution in [0.5, 0.6) is 0 Å². The summed E-state index contributed by atoms with van der Waals surface area (Å²) in [6, 6.07) is 1.98. The van der Waals surface area contributed by atoms with Crippen molar-refractivity contribution in [2.75, 3.05) is 12.4 Å². The Morgan fingerprint density at radius 2 is 2.21 bits per heavy atom. The lowest BCUT2D eigenvalue weighted by Gasteiger charge is -2.03. The molecule has 0 spiro atoms. The molecule has 0 unspecified atom stereocenters. The van der Waals surface area contributed by atoms with E-state index < -0.39 is 0 Å². The average molecular weight is 253 g/mol. The molecule has 0 atom stereocenters. The first-order chi connectivity index (χ1) is 6.79. The van der Waals surface area contributed by atoms with Crippen LogP contribution in [0.15, 0.2) is 35.3 Å². The zero-order chi connectivity index (χ0) is 9.97. The fourth-order valence-corrected chi connectivity index (χ4v) is 1.42.